The highest BCUT2D eigenvalue weighted by molar-refractivity contribution is 6.31. The van der Waals surface area contributed by atoms with Gasteiger partial charge in [0.2, 0.25) is 11.8 Å². The first-order chi connectivity index (χ1) is 9.08. The number of benzene rings is 1. The Kier molecular flexibility index (Phi) is 3.09. The van der Waals surface area contributed by atoms with Gasteiger partial charge >= 0.3 is 0 Å². The number of carbonyl (C=O) groups excluding carboxylic acids is 2. The number of carbonyl (C=O) groups is 2. The molecule has 1 saturated heterocycles. The largest absolute Gasteiger partial charge is 0.274 e. The van der Waals surface area contributed by atoms with E-state index in [1.807, 2.05) is 0 Å². The fraction of sp³-hybridized carbons (Fsp3) is 0.467. The molecular weight excluding hydrogens is 262 g/mol. The molecule has 0 bridgehead atoms. The third-order valence-corrected chi connectivity index (χ3v) is 4.49. The maximum absolute atomic E-state index is 12.5. The molecule has 0 aromatic heterocycles. The van der Waals surface area contributed by atoms with E-state index < -0.39 is 0 Å². The minimum atomic E-state index is -0.129. The first-order valence-corrected chi connectivity index (χ1v) is 7.09. The van der Waals surface area contributed by atoms with Gasteiger partial charge in [0.25, 0.3) is 0 Å². The maximum Gasteiger partial charge on any atom is 0.237 e. The highest BCUT2D eigenvalue weighted by Gasteiger charge is 2.49. The first-order valence-electron chi connectivity index (χ1n) is 6.71. The van der Waals surface area contributed by atoms with Crippen LogP contribution in [0.15, 0.2) is 24.3 Å². The average Bonchev–Trinajstić information content (AvgIpc) is 2.61. The summed E-state index contributed by atoms with van der Waals surface area (Å²) < 4.78 is 0. The Balaban J connectivity index is 1.95. The number of rotatable bonds is 1. The van der Waals surface area contributed by atoms with Gasteiger partial charge in [-0.3, -0.25) is 14.5 Å². The van der Waals surface area contributed by atoms with Crippen molar-refractivity contribution in [2.45, 2.75) is 26.2 Å². The van der Waals surface area contributed by atoms with Crippen molar-refractivity contribution in [1.82, 2.24) is 0 Å². The van der Waals surface area contributed by atoms with Crippen molar-refractivity contribution in [3.05, 3.63) is 29.3 Å². The predicted molar refractivity (Wildman–Crippen MR) is 73.9 cm³/mol. The van der Waals surface area contributed by atoms with Gasteiger partial charge in [0.1, 0.15) is 0 Å². The van der Waals surface area contributed by atoms with Crippen LogP contribution in [0.3, 0.4) is 0 Å². The van der Waals surface area contributed by atoms with Gasteiger partial charge in [0.05, 0.1) is 17.5 Å². The third kappa shape index (κ3) is 2.06. The molecular formula is C15H16ClNO2. The summed E-state index contributed by atoms with van der Waals surface area (Å²) >= 11 is 5.95. The quantitative estimate of drug-likeness (QED) is 0.739. The number of anilines is 1. The molecule has 1 saturated carbocycles. The van der Waals surface area contributed by atoms with Gasteiger partial charge in [-0.1, -0.05) is 24.6 Å². The Bertz CT molecular complexity index is 543. The van der Waals surface area contributed by atoms with Crippen LogP contribution in [0.1, 0.15) is 26.2 Å². The van der Waals surface area contributed by atoms with Crippen molar-refractivity contribution >= 4 is 29.1 Å². The van der Waals surface area contributed by atoms with Gasteiger partial charge in [-0.15, -0.1) is 0 Å². The van der Waals surface area contributed by atoms with E-state index >= 15 is 0 Å². The summed E-state index contributed by atoms with van der Waals surface area (Å²) in [4.78, 5) is 26.2. The molecule has 2 fully saturated rings. The molecule has 3 nitrogen and oxygen atoms in total. The van der Waals surface area contributed by atoms with E-state index in [0.717, 1.165) is 19.3 Å². The van der Waals surface area contributed by atoms with Gasteiger partial charge < -0.3 is 0 Å². The molecule has 3 rings (SSSR count). The predicted octanol–water partition coefficient (Wildman–Crippen LogP) is 3.27. The lowest BCUT2D eigenvalue weighted by molar-refractivity contribution is -0.122. The lowest BCUT2D eigenvalue weighted by Gasteiger charge is -2.25. The number of halogens is 1. The van der Waals surface area contributed by atoms with E-state index in [1.54, 1.807) is 24.3 Å². The summed E-state index contributed by atoms with van der Waals surface area (Å²) in [7, 11) is 0. The molecule has 0 spiro atoms. The van der Waals surface area contributed by atoms with Crippen molar-refractivity contribution in [2.75, 3.05) is 4.90 Å². The van der Waals surface area contributed by atoms with Crippen molar-refractivity contribution in [1.29, 1.82) is 0 Å². The van der Waals surface area contributed by atoms with Gasteiger partial charge in [0.15, 0.2) is 0 Å². The second kappa shape index (κ2) is 4.64. The van der Waals surface area contributed by atoms with Crippen molar-refractivity contribution in [3.63, 3.8) is 0 Å². The zero-order valence-electron chi connectivity index (χ0n) is 10.8. The Labute approximate surface area is 117 Å². The highest BCUT2D eigenvalue weighted by atomic mass is 35.5. The lowest BCUT2D eigenvalue weighted by Crippen LogP contribution is -2.30. The molecule has 1 aromatic carbocycles. The SMILES string of the molecule is C[C@@H]1CC[C@H]2C(=O)N(c3cccc(Cl)c3)C(=O)[C@@H]2C1. The Hall–Kier alpha value is -1.35. The summed E-state index contributed by atoms with van der Waals surface area (Å²) in [6, 6.07) is 6.95. The van der Waals surface area contributed by atoms with Crippen molar-refractivity contribution in [3.8, 4) is 0 Å². The van der Waals surface area contributed by atoms with Gasteiger partial charge in [-0.05, 0) is 43.4 Å². The molecule has 19 heavy (non-hydrogen) atoms. The van der Waals surface area contributed by atoms with Crippen LogP contribution >= 0.6 is 11.6 Å². The van der Waals surface area contributed by atoms with Gasteiger partial charge in [-0.2, -0.15) is 0 Å². The number of amides is 2. The van der Waals surface area contributed by atoms with Crippen LogP contribution < -0.4 is 4.90 Å². The van der Waals surface area contributed by atoms with Crippen LogP contribution in [0.2, 0.25) is 5.02 Å². The second-order valence-corrected chi connectivity index (χ2v) is 6.06. The molecule has 1 aliphatic heterocycles. The molecule has 0 N–H and O–H groups in total. The van der Waals surface area contributed by atoms with Crippen molar-refractivity contribution < 1.29 is 9.59 Å². The summed E-state index contributed by atoms with van der Waals surface area (Å²) in [5.74, 6) is 0.170. The molecule has 2 amide bonds. The summed E-state index contributed by atoms with van der Waals surface area (Å²) in [6.45, 7) is 2.15. The molecule has 0 radical (unpaired) electrons. The van der Waals surface area contributed by atoms with E-state index in [-0.39, 0.29) is 23.7 Å². The summed E-state index contributed by atoms with van der Waals surface area (Å²) in [6.07, 6.45) is 2.68. The van der Waals surface area contributed by atoms with Crippen LogP contribution in [0.25, 0.3) is 0 Å². The van der Waals surface area contributed by atoms with Gasteiger partial charge in [0, 0.05) is 5.02 Å². The zero-order valence-corrected chi connectivity index (χ0v) is 11.6. The van der Waals surface area contributed by atoms with E-state index in [4.69, 9.17) is 11.6 Å². The van der Waals surface area contributed by atoms with Crippen LogP contribution in [-0.4, -0.2) is 11.8 Å². The van der Waals surface area contributed by atoms with Crippen LogP contribution in [0, 0.1) is 17.8 Å². The average molecular weight is 278 g/mol. The Morgan fingerprint density at radius 2 is 1.89 bits per heavy atom. The molecule has 2 aliphatic rings. The summed E-state index contributed by atoms with van der Waals surface area (Å²) in [5.41, 5.74) is 0.601. The molecule has 0 unspecified atom stereocenters. The second-order valence-electron chi connectivity index (χ2n) is 5.62. The number of imide groups is 1. The minimum Gasteiger partial charge on any atom is -0.274 e. The smallest absolute Gasteiger partial charge is 0.237 e. The van der Waals surface area contributed by atoms with E-state index in [9.17, 15) is 9.59 Å². The number of nitrogens with zero attached hydrogens (tertiary/aromatic N) is 1. The zero-order chi connectivity index (χ0) is 13.6. The van der Waals surface area contributed by atoms with Crippen LogP contribution in [0.5, 0.6) is 0 Å². The fourth-order valence-electron chi connectivity index (χ4n) is 3.26. The Morgan fingerprint density at radius 3 is 2.63 bits per heavy atom. The fourth-order valence-corrected chi connectivity index (χ4v) is 3.44. The molecule has 4 heteroatoms. The molecule has 1 heterocycles. The number of hydrogen-bond acceptors (Lipinski definition) is 2. The monoisotopic (exact) mass is 277 g/mol. The lowest BCUT2D eigenvalue weighted by atomic mass is 9.76. The highest BCUT2D eigenvalue weighted by Crippen LogP contribution is 2.42. The maximum atomic E-state index is 12.5. The van der Waals surface area contributed by atoms with Gasteiger partial charge in [-0.25, -0.2) is 0 Å². The third-order valence-electron chi connectivity index (χ3n) is 4.25. The standard InChI is InChI=1S/C15H16ClNO2/c1-9-5-6-12-13(7-9)15(19)17(14(12)18)11-4-2-3-10(16)8-11/h2-4,8-9,12-13H,5-7H2,1H3/t9-,12-,13-/m1/s1. The molecule has 1 aromatic rings. The number of fused-ring (bicyclic) bond motifs is 1. The Morgan fingerprint density at radius 1 is 1.16 bits per heavy atom. The molecule has 3 atom stereocenters. The first kappa shape index (κ1) is 12.7. The molecule has 1 aliphatic carbocycles. The van der Waals surface area contributed by atoms with Crippen LogP contribution in [0.4, 0.5) is 5.69 Å². The van der Waals surface area contributed by atoms with E-state index in [0.29, 0.717) is 16.6 Å². The van der Waals surface area contributed by atoms with Crippen LogP contribution in [-0.2, 0) is 9.59 Å². The van der Waals surface area contributed by atoms with Crippen molar-refractivity contribution in [2.24, 2.45) is 17.8 Å². The summed E-state index contributed by atoms with van der Waals surface area (Å²) in [5, 5.41) is 0.543. The topological polar surface area (TPSA) is 37.4 Å². The minimum absolute atomic E-state index is 0.0517. The van der Waals surface area contributed by atoms with E-state index in [1.165, 1.54) is 4.90 Å². The van der Waals surface area contributed by atoms with E-state index in [2.05, 4.69) is 6.92 Å². The molecule has 100 valence electrons. The number of hydrogen-bond donors (Lipinski definition) is 0. The normalized spacial score (nSPS) is 30.6.